The lowest BCUT2D eigenvalue weighted by atomic mass is 10.1. The van der Waals surface area contributed by atoms with E-state index in [-0.39, 0.29) is 23.0 Å². The summed E-state index contributed by atoms with van der Waals surface area (Å²) in [7, 11) is 0. The van der Waals surface area contributed by atoms with Crippen LogP contribution in [-0.4, -0.2) is 28.6 Å². The molecule has 3 rings (SSSR count). The molecule has 0 aliphatic carbocycles. The van der Waals surface area contributed by atoms with Gasteiger partial charge in [0.15, 0.2) is 11.7 Å². The van der Waals surface area contributed by atoms with Crippen LogP contribution in [0.4, 0.5) is 0 Å². The summed E-state index contributed by atoms with van der Waals surface area (Å²) < 4.78 is 6.30. The summed E-state index contributed by atoms with van der Waals surface area (Å²) in [5.41, 5.74) is 4.76. The van der Waals surface area contributed by atoms with Crippen LogP contribution in [0.5, 0.6) is 11.5 Å². The number of hydrogen-bond donors (Lipinski definition) is 4. The van der Waals surface area contributed by atoms with Gasteiger partial charge in [0.2, 0.25) is 0 Å². The number of ether oxygens (including phenoxy) is 1. The number of aromatic hydroxyl groups is 1. The molecule has 0 bridgehead atoms. The Balaban J connectivity index is 1.49. The molecule has 0 aromatic heterocycles. The highest BCUT2D eigenvalue weighted by Gasteiger charge is 2.12. The first-order valence-corrected chi connectivity index (χ1v) is 9.64. The molecular formula is C20H16BrN3O4S. The highest BCUT2D eigenvalue weighted by Crippen LogP contribution is 2.32. The van der Waals surface area contributed by atoms with Crippen LogP contribution in [0.25, 0.3) is 10.8 Å². The number of benzene rings is 3. The van der Waals surface area contributed by atoms with Crippen LogP contribution >= 0.6 is 28.1 Å². The van der Waals surface area contributed by atoms with E-state index in [0.717, 1.165) is 15.2 Å². The Morgan fingerprint density at radius 2 is 1.72 bits per heavy atom. The predicted molar refractivity (Wildman–Crippen MR) is 117 cm³/mol. The zero-order valence-electron chi connectivity index (χ0n) is 14.9. The summed E-state index contributed by atoms with van der Waals surface area (Å²) >= 11 is 8.46. The van der Waals surface area contributed by atoms with Crippen molar-refractivity contribution in [2.45, 2.75) is 0 Å². The summed E-state index contributed by atoms with van der Waals surface area (Å²) in [5.74, 6) is -0.753. The second-order valence-corrected chi connectivity index (χ2v) is 7.06. The summed E-state index contributed by atoms with van der Waals surface area (Å²) in [5, 5.41) is 13.9. The number of hydrogen-bond acceptors (Lipinski definition) is 5. The third-order valence-corrected chi connectivity index (χ3v) is 4.90. The van der Waals surface area contributed by atoms with Crippen LogP contribution in [0, 0.1) is 0 Å². The lowest BCUT2D eigenvalue weighted by Gasteiger charge is -2.13. The van der Waals surface area contributed by atoms with Gasteiger partial charge in [0.1, 0.15) is 11.5 Å². The lowest BCUT2D eigenvalue weighted by Crippen LogP contribution is -2.49. The number of amides is 2. The van der Waals surface area contributed by atoms with E-state index in [2.05, 4.69) is 32.1 Å². The van der Waals surface area contributed by atoms with Crippen molar-refractivity contribution in [3.05, 3.63) is 70.7 Å². The quantitative estimate of drug-likeness (QED) is 0.343. The van der Waals surface area contributed by atoms with Gasteiger partial charge < -0.3 is 9.84 Å². The van der Waals surface area contributed by atoms with Crippen LogP contribution in [-0.2, 0) is 4.79 Å². The highest BCUT2D eigenvalue weighted by atomic mass is 79.9. The topological polar surface area (TPSA) is 99.7 Å². The van der Waals surface area contributed by atoms with Crippen LogP contribution in [0.15, 0.2) is 65.1 Å². The fourth-order valence-electron chi connectivity index (χ4n) is 2.51. The maximum atomic E-state index is 12.0. The van der Waals surface area contributed by atoms with Gasteiger partial charge in [-0.25, -0.2) is 0 Å². The van der Waals surface area contributed by atoms with Crippen molar-refractivity contribution in [3.63, 3.8) is 0 Å². The Labute approximate surface area is 180 Å². The summed E-state index contributed by atoms with van der Waals surface area (Å²) in [6, 6.07) is 17.5. The van der Waals surface area contributed by atoms with Gasteiger partial charge in [0, 0.05) is 0 Å². The number of carbonyl (C=O) groups is 2. The number of para-hydroxylation sites is 1. The first kappa shape index (κ1) is 20.6. The normalized spacial score (nSPS) is 10.2. The first-order valence-electron chi connectivity index (χ1n) is 8.44. The molecule has 0 spiro atoms. The lowest BCUT2D eigenvalue weighted by molar-refractivity contribution is -0.121. The van der Waals surface area contributed by atoms with Crippen molar-refractivity contribution in [1.82, 2.24) is 16.2 Å². The zero-order valence-corrected chi connectivity index (χ0v) is 17.3. The van der Waals surface area contributed by atoms with Gasteiger partial charge in [-0.1, -0.05) is 42.5 Å². The van der Waals surface area contributed by atoms with Gasteiger partial charge in [0.05, 0.1) is 10.0 Å². The monoisotopic (exact) mass is 473 g/mol. The number of halogens is 1. The average Bonchev–Trinajstić information content (AvgIpc) is 2.72. The molecule has 0 atom stereocenters. The molecule has 0 unspecified atom stereocenters. The second-order valence-electron chi connectivity index (χ2n) is 5.86. The Hall–Kier alpha value is -3.17. The third-order valence-electron chi connectivity index (χ3n) is 3.88. The van der Waals surface area contributed by atoms with Gasteiger partial charge in [-0.3, -0.25) is 25.8 Å². The van der Waals surface area contributed by atoms with E-state index in [1.807, 2.05) is 30.3 Å². The molecule has 4 N–H and O–H groups in total. The minimum Gasteiger partial charge on any atom is -0.507 e. The number of nitrogens with one attached hydrogen (secondary N) is 3. The first-order chi connectivity index (χ1) is 14.0. The molecule has 0 fully saturated rings. The number of rotatable bonds is 4. The molecular weight excluding hydrogens is 458 g/mol. The summed E-state index contributed by atoms with van der Waals surface area (Å²) in [6.07, 6.45) is 0. The number of phenols is 1. The molecule has 0 heterocycles. The number of carbonyl (C=O) groups excluding carboxylic acids is 2. The molecule has 3 aromatic rings. The van der Waals surface area contributed by atoms with E-state index >= 15 is 0 Å². The smallest absolute Gasteiger partial charge is 0.273 e. The van der Waals surface area contributed by atoms with E-state index in [1.54, 1.807) is 18.2 Å². The summed E-state index contributed by atoms with van der Waals surface area (Å²) in [4.78, 5) is 24.0. The minimum atomic E-state index is -0.601. The molecule has 3 aromatic carbocycles. The van der Waals surface area contributed by atoms with Gasteiger partial charge in [-0.05, 0) is 57.1 Å². The molecule has 0 radical (unpaired) electrons. The average molecular weight is 474 g/mol. The number of hydrazine groups is 1. The maximum absolute atomic E-state index is 12.0. The van der Waals surface area contributed by atoms with Crippen LogP contribution < -0.4 is 20.9 Å². The fourth-order valence-corrected chi connectivity index (χ4v) is 3.28. The number of thiocarbonyl (C=S) groups is 1. The Morgan fingerprint density at radius 3 is 2.52 bits per heavy atom. The van der Waals surface area contributed by atoms with Crippen molar-refractivity contribution in [1.29, 1.82) is 0 Å². The van der Waals surface area contributed by atoms with Gasteiger partial charge in [-0.2, -0.15) is 0 Å². The highest BCUT2D eigenvalue weighted by molar-refractivity contribution is 9.10. The molecule has 0 saturated heterocycles. The summed E-state index contributed by atoms with van der Waals surface area (Å²) in [6.45, 7) is -0.272. The Kier molecular flexibility index (Phi) is 6.63. The predicted octanol–water partition coefficient (Wildman–Crippen LogP) is 3.02. The van der Waals surface area contributed by atoms with Gasteiger partial charge >= 0.3 is 0 Å². The molecule has 7 nitrogen and oxygen atoms in total. The van der Waals surface area contributed by atoms with E-state index in [9.17, 15) is 14.7 Å². The van der Waals surface area contributed by atoms with Crippen LogP contribution in [0.1, 0.15) is 10.4 Å². The number of phenolic OH excluding ortho intramolecular Hbond substituents is 1. The molecule has 0 aliphatic rings. The van der Waals surface area contributed by atoms with Crippen LogP contribution in [0.2, 0.25) is 0 Å². The van der Waals surface area contributed by atoms with E-state index in [1.165, 1.54) is 12.1 Å². The van der Waals surface area contributed by atoms with Gasteiger partial charge in [-0.15, -0.1) is 0 Å². The van der Waals surface area contributed by atoms with Crippen molar-refractivity contribution in [2.75, 3.05) is 6.61 Å². The molecule has 2 amide bonds. The fraction of sp³-hybridized carbons (Fsp3) is 0.0500. The van der Waals surface area contributed by atoms with Crippen molar-refractivity contribution >= 4 is 55.8 Å². The van der Waals surface area contributed by atoms with Crippen molar-refractivity contribution < 1.29 is 19.4 Å². The Bertz CT molecular complexity index is 1090. The maximum Gasteiger partial charge on any atom is 0.273 e. The Morgan fingerprint density at radius 1 is 1.00 bits per heavy atom. The minimum absolute atomic E-state index is 0.0682. The molecule has 148 valence electrons. The molecule has 29 heavy (non-hydrogen) atoms. The van der Waals surface area contributed by atoms with Gasteiger partial charge in [0.25, 0.3) is 11.8 Å². The largest absolute Gasteiger partial charge is 0.507 e. The second kappa shape index (κ2) is 9.35. The van der Waals surface area contributed by atoms with Crippen LogP contribution in [0.3, 0.4) is 0 Å². The van der Waals surface area contributed by atoms with Crippen molar-refractivity contribution in [3.8, 4) is 11.5 Å². The number of fused-ring (bicyclic) bond motifs is 1. The standard InChI is InChI=1S/C20H16BrN3O4S/c21-18-13-6-2-1-5-12(13)9-10-16(18)28-11-17(26)22-20(29)24-23-19(27)14-7-3-4-8-15(14)25/h1-10,25H,11H2,(H,23,27)(H2,22,24,26,29). The van der Waals surface area contributed by atoms with E-state index in [0.29, 0.717) is 5.75 Å². The zero-order chi connectivity index (χ0) is 20.8. The molecule has 9 heteroatoms. The third kappa shape index (κ3) is 5.21. The molecule has 0 aliphatic heterocycles. The van der Waals surface area contributed by atoms with E-state index in [4.69, 9.17) is 17.0 Å². The molecule has 0 saturated carbocycles. The van der Waals surface area contributed by atoms with Crippen molar-refractivity contribution in [2.24, 2.45) is 0 Å². The SMILES string of the molecule is O=C(COc1ccc2ccccc2c1Br)NC(=S)NNC(=O)c1ccccc1O. The van der Waals surface area contributed by atoms with E-state index < -0.39 is 11.8 Å².